The molecule has 0 radical (unpaired) electrons. The summed E-state index contributed by atoms with van der Waals surface area (Å²) in [7, 11) is 1.98. The van der Waals surface area contributed by atoms with Crippen LogP contribution in [0.15, 0.2) is 34.1 Å². The molecule has 18 heavy (non-hydrogen) atoms. The zero-order valence-corrected chi connectivity index (χ0v) is 13.5. The highest BCUT2D eigenvalue weighted by molar-refractivity contribution is 9.10. The Labute approximate surface area is 125 Å². The van der Waals surface area contributed by atoms with Crippen molar-refractivity contribution >= 4 is 38.9 Å². The molecule has 0 aliphatic rings. The van der Waals surface area contributed by atoms with Crippen molar-refractivity contribution in [1.29, 1.82) is 0 Å². The van der Waals surface area contributed by atoms with Crippen LogP contribution < -0.4 is 5.32 Å². The van der Waals surface area contributed by atoms with E-state index >= 15 is 0 Å². The molecule has 1 N–H and O–H groups in total. The van der Waals surface area contributed by atoms with Crippen LogP contribution in [-0.2, 0) is 6.42 Å². The normalized spacial score (nSPS) is 12.7. The van der Waals surface area contributed by atoms with Crippen molar-refractivity contribution < 1.29 is 0 Å². The van der Waals surface area contributed by atoms with E-state index in [2.05, 4.69) is 44.8 Å². The lowest BCUT2D eigenvalue weighted by Crippen LogP contribution is -2.19. The van der Waals surface area contributed by atoms with Crippen molar-refractivity contribution in [1.82, 2.24) is 5.32 Å². The number of benzene rings is 1. The quantitative estimate of drug-likeness (QED) is 0.825. The maximum absolute atomic E-state index is 6.39. The smallest absolute Gasteiger partial charge is 0.0483 e. The van der Waals surface area contributed by atoms with Crippen molar-refractivity contribution in [3.05, 3.63) is 55.1 Å². The zero-order chi connectivity index (χ0) is 13.1. The van der Waals surface area contributed by atoms with Crippen LogP contribution in [0.5, 0.6) is 0 Å². The summed E-state index contributed by atoms with van der Waals surface area (Å²) in [6, 6.07) is 8.62. The molecule has 0 amide bonds. The van der Waals surface area contributed by atoms with Gasteiger partial charge in [-0.1, -0.05) is 29.8 Å². The summed E-state index contributed by atoms with van der Waals surface area (Å²) < 4.78 is 1.15. The lowest BCUT2D eigenvalue weighted by molar-refractivity contribution is 0.596. The molecule has 0 spiro atoms. The van der Waals surface area contributed by atoms with Gasteiger partial charge in [-0.25, -0.2) is 0 Å². The molecule has 2 rings (SSSR count). The Kier molecular flexibility index (Phi) is 4.84. The summed E-state index contributed by atoms with van der Waals surface area (Å²) in [6.45, 7) is 2.04. The lowest BCUT2D eigenvalue weighted by Gasteiger charge is -2.18. The third-order valence-electron chi connectivity index (χ3n) is 2.97. The molecule has 1 nitrogen and oxygen atoms in total. The first-order valence-electron chi connectivity index (χ1n) is 5.77. The van der Waals surface area contributed by atoms with Crippen LogP contribution >= 0.6 is 38.9 Å². The number of halogens is 2. The number of thiophene rings is 1. The summed E-state index contributed by atoms with van der Waals surface area (Å²) in [5.41, 5.74) is 2.30. The second kappa shape index (κ2) is 6.20. The Morgan fingerprint density at radius 2 is 2.22 bits per heavy atom. The first-order chi connectivity index (χ1) is 8.61. The summed E-state index contributed by atoms with van der Waals surface area (Å²) in [5, 5.41) is 6.33. The Balaban J connectivity index is 2.25. The maximum atomic E-state index is 6.39. The number of aryl methyl sites for hydroxylation is 1. The second-order valence-electron chi connectivity index (χ2n) is 4.25. The maximum Gasteiger partial charge on any atom is 0.0483 e. The predicted molar refractivity (Wildman–Crippen MR) is 83.7 cm³/mol. The van der Waals surface area contributed by atoms with E-state index in [4.69, 9.17) is 11.6 Å². The minimum absolute atomic E-state index is 0.253. The minimum Gasteiger partial charge on any atom is -0.313 e. The van der Waals surface area contributed by atoms with Gasteiger partial charge in [0.05, 0.1) is 0 Å². The Morgan fingerprint density at radius 1 is 1.44 bits per heavy atom. The fraction of sp³-hybridized carbons (Fsp3) is 0.286. The van der Waals surface area contributed by atoms with E-state index in [1.807, 2.05) is 20.0 Å². The van der Waals surface area contributed by atoms with Gasteiger partial charge in [-0.15, -0.1) is 11.3 Å². The van der Waals surface area contributed by atoms with E-state index in [0.29, 0.717) is 0 Å². The largest absolute Gasteiger partial charge is 0.313 e. The Bertz CT molecular complexity index is 538. The molecule has 96 valence electrons. The van der Waals surface area contributed by atoms with Gasteiger partial charge >= 0.3 is 0 Å². The van der Waals surface area contributed by atoms with Crippen molar-refractivity contribution in [2.24, 2.45) is 0 Å². The van der Waals surface area contributed by atoms with Crippen molar-refractivity contribution in [3.8, 4) is 0 Å². The van der Waals surface area contributed by atoms with Gasteiger partial charge < -0.3 is 5.32 Å². The average Bonchev–Trinajstić information content (AvgIpc) is 2.76. The highest BCUT2D eigenvalue weighted by Gasteiger charge is 2.15. The van der Waals surface area contributed by atoms with Gasteiger partial charge in [-0.05, 0) is 47.1 Å². The summed E-state index contributed by atoms with van der Waals surface area (Å²) in [5.74, 6) is 0. The molecule has 2 aromatic rings. The van der Waals surface area contributed by atoms with Gasteiger partial charge in [0.25, 0.3) is 0 Å². The molecule has 0 saturated heterocycles. The van der Waals surface area contributed by atoms with E-state index in [1.54, 1.807) is 11.3 Å². The van der Waals surface area contributed by atoms with Gasteiger partial charge in [-0.3, -0.25) is 0 Å². The van der Waals surface area contributed by atoms with Crippen molar-refractivity contribution in [2.45, 2.75) is 19.4 Å². The van der Waals surface area contributed by atoms with Crippen LogP contribution in [0.3, 0.4) is 0 Å². The molecule has 0 bridgehead atoms. The van der Waals surface area contributed by atoms with Crippen LogP contribution in [0.2, 0.25) is 5.02 Å². The highest BCUT2D eigenvalue weighted by atomic mass is 79.9. The molecule has 0 aliphatic carbocycles. The van der Waals surface area contributed by atoms with Crippen molar-refractivity contribution in [2.75, 3.05) is 7.05 Å². The number of hydrogen-bond acceptors (Lipinski definition) is 2. The van der Waals surface area contributed by atoms with Crippen LogP contribution in [0.4, 0.5) is 0 Å². The lowest BCUT2D eigenvalue weighted by atomic mass is 10.0. The van der Waals surface area contributed by atoms with Crippen LogP contribution in [-0.4, -0.2) is 7.05 Å². The molecule has 1 aromatic heterocycles. The fourth-order valence-corrected chi connectivity index (χ4v) is 3.72. The molecular weight excluding hydrogens is 330 g/mol. The molecule has 4 heteroatoms. The van der Waals surface area contributed by atoms with Crippen LogP contribution in [0.25, 0.3) is 0 Å². The average molecular weight is 345 g/mol. The summed E-state index contributed by atoms with van der Waals surface area (Å²) in [4.78, 5) is 1.35. The van der Waals surface area contributed by atoms with E-state index in [-0.39, 0.29) is 6.04 Å². The molecule has 1 aromatic carbocycles. The SMILES string of the molecule is CNC(Cc1cc(Br)cs1)c1cccc(C)c1Cl. The number of hydrogen-bond donors (Lipinski definition) is 1. The van der Waals surface area contributed by atoms with Crippen LogP contribution in [0, 0.1) is 6.92 Å². The zero-order valence-electron chi connectivity index (χ0n) is 10.3. The van der Waals surface area contributed by atoms with E-state index in [0.717, 1.165) is 21.5 Å². The third kappa shape index (κ3) is 3.15. The topological polar surface area (TPSA) is 12.0 Å². The Morgan fingerprint density at radius 3 is 2.83 bits per heavy atom. The van der Waals surface area contributed by atoms with E-state index in [1.165, 1.54) is 10.4 Å². The molecular formula is C14H15BrClNS. The number of nitrogens with one attached hydrogen (secondary N) is 1. The second-order valence-corrected chi connectivity index (χ2v) is 6.54. The molecule has 1 unspecified atom stereocenters. The Hall–Kier alpha value is -0.350. The molecule has 0 fully saturated rings. The highest BCUT2D eigenvalue weighted by Crippen LogP contribution is 2.30. The summed E-state index contributed by atoms with van der Waals surface area (Å²) in [6.07, 6.45) is 0.954. The molecule has 0 saturated carbocycles. The molecule has 1 atom stereocenters. The van der Waals surface area contributed by atoms with Gasteiger partial charge in [0.15, 0.2) is 0 Å². The van der Waals surface area contributed by atoms with Crippen LogP contribution in [0.1, 0.15) is 22.0 Å². The van der Waals surface area contributed by atoms with Gasteiger partial charge in [0.2, 0.25) is 0 Å². The minimum atomic E-state index is 0.253. The van der Waals surface area contributed by atoms with Gasteiger partial charge in [0, 0.05) is 32.2 Å². The standard InChI is InChI=1S/C14H15BrClNS/c1-9-4-3-5-12(14(9)16)13(17-2)7-11-6-10(15)8-18-11/h3-6,8,13,17H,7H2,1-2H3. The van der Waals surface area contributed by atoms with E-state index in [9.17, 15) is 0 Å². The first-order valence-corrected chi connectivity index (χ1v) is 7.82. The predicted octanol–water partition coefficient (Wildman–Crippen LogP) is 4.98. The van der Waals surface area contributed by atoms with E-state index < -0.39 is 0 Å². The number of rotatable bonds is 4. The number of likely N-dealkylation sites (N-methyl/N-ethyl adjacent to an activating group) is 1. The summed E-state index contributed by atoms with van der Waals surface area (Å²) >= 11 is 11.7. The first kappa shape index (κ1) is 14.1. The monoisotopic (exact) mass is 343 g/mol. The van der Waals surface area contributed by atoms with Crippen molar-refractivity contribution in [3.63, 3.8) is 0 Å². The molecule has 0 aliphatic heterocycles. The third-order valence-corrected chi connectivity index (χ3v) is 5.21. The molecule has 1 heterocycles. The fourth-order valence-electron chi connectivity index (χ4n) is 1.97. The van der Waals surface area contributed by atoms with Gasteiger partial charge in [-0.2, -0.15) is 0 Å². The van der Waals surface area contributed by atoms with Gasteiger partial charge in [0.1, 0.15) is 0 Å².